The number of aromatic nitrogens is 4. The predicted octanol–water partition coefficient (Wildman–Crippen LogP) is 9.67. The van der Waals surface area contributed by atoms with Crippen molar-refractivity contribution in [2.24, 2.45) is 0 Å². The van der Waals surface area contributed by atoms with Crippen LogP contribution in [-0.4, -0.2) is 40.3 Å². The number of rotatable bonds is 5. The van der Waals surface area contributed by atoms with Gasteiger partial charge < -0.3 is 14.9 Å². The van der Waals surface area contributed by atoms with E-state index in [1.807, 2.05) is 105 Å². The van der Waals surface area contributed by atoms with Gasteiger partial charge in [-0.25, -0.2) is 9.97 Å². The number of nitrogens with one attached hydrogen (secondary N) is 2. The minimum Gasteiger partial charge on any atom is -0.378 e. The van der Waals surface area contributed by atoms with E-state index in [0.717, 1.165) is 95.8 Å². The summed E-state index contributed by atoms with van der Waals surface area (Å²) in [7, 11) is 4.05. The minimum absolute atomic E-state index is 0.740. The molecule has 5 heterocycles. The summed E-state index contributed by atoms with van der Waals surface area (Å²) < 4.78 is 0. The van der Waals surface area contributed by atoms with Gasteiger partial charge in [0.05, 0.1) is 28.3 Å². The topological polar surface area (TPSA) is 77.7 Å². The van der Waals surface area contributed by atoms with Gasteiger partial charge in [-0.1, -0.05) is 72.5 Å². The van der Waals surface area contributed by atoms with E-state index in [1.54, 1.807) is 0 Å². The van der Waals surface area contributed by atoms with Gasteiger partial charge in [-0.15, -0.1) is 0 Å². The van der Waals surface area contributed by atoms with Crippen molar-refractivity contribution in [3.05, 3.63) is 155 Å². The summed E-state index contributed by atoms with van der Waals surface area (Å²) in [5.74, 6) is 6.86. The van der Waals surface area contributed by atoms with E-state index in [-0.39, 0.29) is 0 Å². The highest BCUT2D eigenvalue weighted by molar-refractivity contribution is 5.96. The van der Waals surface area contributed by atoms with E-state index in [9.17, 15) is 4.79 Å². The lowest BCUT2D eigenvalue weighted by atomic mass is 10.0. The van der Waals surface area contributed by atoms with Crippen LogP contribution in [0.5, 0.6) is 0 Å². The molecule has 6 aromatic rings. The molecule has 0 atom stereocenters. The van der Waals surface area contributed by atoms with Crippen LogP contribution in [-0.2, 0) is 4.79 Å². The molecule has 0 unspecified atom stereocenters. The van der Waals surface area contributed by atoms with Crippen molar-refractivity contribution >= 4 is 64.4 Å². The lowest BCUT2D eigenvalue weighted by Crippen LogP contribution is -2.07. The minimum atomic E-state index is 0.740. The van der Waals surface area contributed by atoms with Crippen molar-refractivity contribution in [2.75, 3.05) is 19.0 Å². The maximum absolute atomic E-state index is 11.5. The molecular weight excluding hydrogens is 627 g/mol. The second-order valence-corrected chi connectivity index (χ2v) is 12.5. The molecule has 0 spiro atoms. The first kappa shape index (κ1) is 31.3. The van der Waals surface area contributed by atoms with Gasteiger partial charge in [-0.05, 0) is 96.1 Å². The van der Waals surface area contributed by atoms with Crippen molar-refractivity contribution in [3.8, 4) is 34.1 Å². The van der Waals surface area contributed by atoms with Crippen LogP contribution in [0.4, 0.5) is 5.69 Å². The maximum atomic E-state index is 11.5. The molecule has 0 fully saturated rings. The lowest BCUT2D eigenvalue weighted by Gasteiger charge is -2.11. The fourth-order valence-electron chi connectivity index (χ4n) is 6.47. The molecule has 6 nitrogen and oxygen atoms in total. The molecule has 2 N–H and O–H groups in total. The highest BCUT2D eigenvalue weighted by Crippen LogP contribution is 2.34. The Bertz CT molecular complexity index is 2470. The molecule has 51 heavy (non-hydrogen) atoms. The first-order valence-corrected chi connectivity index (χ1v) is 16.7. The van der Waals surface area contributed by atoms with Crippen molar-refractivity contribution in [2.45, 2.75) is 0 Å². The second-order valence-electron chi connectivity index (χ2n) is 12.5. The van der Waals surface area contributed by atoms with Crippen molar-refractivity contribution in [1.82, 2.24) is 19.9 Å². The normalized spacial score (nSPS) is 11.8. The molecule has 3 aromatic carbocycles. The molecular formula is C45H33N5O. The number of carbonyl (C=O) groups is 1. The third-order valence-corrected chi connectivity index (χ3v) is 8.98. The number of benzene rings is 3. The SMILES string of the molecule is CN(C)c1ccc(C#Cc2c3nc(c(-c4ccccc4)c4ccc([nH]4)c(/C=C/C=O)c4ccc([nH]4)c(-c4ccccc4)c4nc2C=C4)C=C3)cc1. The number of fused-ring (bicyclic) bond motifs is 8. The third-order valence-electron chi connectivity index (χ3n) is 8.98. The number of nitrogens with zero attached hydrogens (tertiary/aromatic N) is 3. The fourth-order valence-corrected chi connectivity index (χ4v) is 6.47. The van der Waals surface area contributed by atoms with Crippen LogP contribution in [0.25, 0.3) is 74.7 Å². The number of anilines is 1. The highest BCUT2D eigenvalue weighted by atomic mass is 16.1. The molecule has 244 valence electrons. The summed E-state index contributed by atoms with van der Waals surface area (Å²) in [4.78, 5) is 31.4. The number of H-pyrrole nitrogens is 2. The van der Waals surface area contributed by atoms with Crippen LogP contribution in [0.1, 0.15) is 39.5 Å². The lowest BCUT2D eigenvalue weighted by molar-refractivity contribution is -0.104. The van der Waals surface area contributed by atoms with Gasteiger partial charge in [0, 0.05) is 64.1 Å². The van der Waals surface area contributed by atoms with Crippen molar-refractivity contribution in [3.63, 3.8) is 0 Å². The number of aldehydes is 1. The summed E-state index contributed by atoms with van der Waals surface area (Å²) in [6.07, 6.45) is 12.3. The summed E-state index contributed by atoms with van der Waals surface area (Å²) in [6.45, 7) is 0. The zero-order chi connectivity index (χ0) is 34.7. The molecule has 6 heteroatoms. The second kappa shape index (κ2) is 13.5. The average molecular weight is 660 g/mol. The van der Waals surface area contributed by atoms with Crippen LogP contribution in [0.15, 0.2) is 115 Å². The van der Waals surface area contributed by atoms with E-state index in [0.29, 0.717) is 0 Å². The Hall–Kier alpha value is -6.97. The zero-order valence-corrected chi connectivity index (χ0v) is 28.2. The zero-order valence-electron chi connectivity index (χ0n) is 28.2. The largest absolute Gasteiger partial charge is 0.378 e. The first-order chi connectivity index (χ1) is 25.1. The number of hydrogen-bond donors (Lipinski definition) is 2. The number of hydrogen-bond acceptors (Lipinski definition) is 4. The van der Waals surface area contributed by atoms with Gasteiger partial charge in [0.15, 0.2) is 0 Å². The molecule has 8 bridgehead atoms. The molecule has 0 radical (unpaired) electrons. The maximum Gasteiger partial charge on any atom is 0.142 e. The predicted molar refractivity (Wildman–Crippen MR) is 212 cm³/mol. The monoisotopic (exact) mass is 659 g/mol. The van der Waals surface area contributed by atoms with Crippen LogP contribution in [0.3, 0.4) is 0 Å². The first-order valence-electron chi connectivity index (χ1n) is 16.7. The van der Waals surface area contributed by atoms with Gasteiger partial charge in [-0.3, -0.25) is 4.79 Å². The molecule has 0 saturated heterocycles. The Labute approximate surface area is 296 Å². The number of aromatic amines is 2. The standard InChI is InChI=1S/C45H33N5O/c1-50(2)33-18-15-30(16-19-33)17-20-35-38-23-27-42(48-38)44(31-10-5-3-6-11-31)40-25-21-36(46-40)34(14-9-29-51)37-22-26-41(47-37)45(32-12-7-4-8-13-32)43-28-24-39(35)49-43/h3-16,18-19,21-29,46-47H,1-2H3/b14-9+,36-34?,37-34?,38-35?,39-35?,44-40?,44-42?,45-41?,45-43?. The Morgan fingerprint density at radius 2 is 1.06 bits per heavy atom. The van der Waals surface area contributed by atoms with E-state index < -0.39 is 0 Å². The summed E-state index contributed by atoms with van der Waals surface area (Å²) in [6, 6.07) is 36.9. The fraction of sp³-hybridized carbons (Fsp3) is 0.0444. The van der Waals surface area contributed by atoms with Crippen LogP contribution < -0.4 is 4.90 Å². The van der Waals surface area contributed by atoms with E-state index in [1.165, 1.54) is 6.08 Å². The van der Waals surface area contributed by atoms with E-state index >= 15 is 0 Å². The molecule has 2 aliphatic rings. The molecule has 0 saturated carbocycles. The molecule has 0 amide bonds. The van der Waals surface area contributed by atoms with E-state index in [2.05, 4.69) is 75.2 Å². The van der Waals surface area contributed by atoms with Gasteiger partial charge in [0.25, 0.3) is 0 Å². The molecule has 8 rings (SSSR count). The highest BCUT2D eigenvalue weighted by Gasteiger charge is 2.17. The van der Waals surface area contributed by atoms with Crippen molar-refractivity contribution < 1.29 is 4.79 Å². The summed E-state index contributed by atoms with van der Waals surface area (Å²) in [5.41, 5.74) is 14.2. The molecule has 3 aromatic heterocycles. The van der Waals surface area contributed by atoms with Gasteiger partial charge >= 0.3 is 0 Å². The van der Waals surface area contributed by atoms with Gasteiger partial charge in [0.2, 0.25) is 0 Å². The van der Waals surface area contributed by atoms with Gasteiger partial charge in [-0.2, -0.15) is 0 Å². The third kappa shape index (κ3) is 6.21. The Balaban J connectivity index is 1.50. The van der Waals surface area contributed by atoms with Crippen LogP contribution in [0.2, 0.25) is 0 Å². The molecule has 2 aliphatic heterocycles. The van der Waals surface area contributed by atoms with E-state index in [4.69, 9.17) is 9.97 Å². The Morgan fingerprint density at radius 3 is 1.55 bits per heavy atom. The summed E-state index contributed by atoms with van der Waals surface area (Å²) >= 11 is 0. The molecule has 0 aliphatic carbocycles. The number of allylic oxidation sites excluding steroid dienone is 1. The number of carbonyl (C=O) groups excluding carboxylic acids is 1. The van der Waals surface area contributed by atoms with Gasteiger partial charge in [0.1, 0.15) is 6.29 Å². The van der Waals surface area contributed by atoms with Crippen LogP contribution >= 0.6 is 0 Å². The Kier molecular flexibility index (Phi) is 8.29. The van der Waals surface area contributed by atoms with Crippen molar-refractivity contribution in [1.29, 1.82) is 0 Å². The summed E-state index contributed by atoms with van der Waals surface area (Å²) in [5, 5.41) is 0. The smallest absolute Gasteiger partial charge is 0.142 e. The quantitative estimate of drug-likeness (QED) is 0.110. The average Bonchev–Trinajstić information content (AvgIpc) is 4.00. The Morgan fingerprint density at radius 1 is 0.569 bits per heavy atom. The van der Waals surface area contributed by atoms with Crippen LogP contribution in [0, 0.1) is 11.8 Å².